The number of nitrogens with zero attached hydrogens (tertiary/aromatic N) is 1. The number of aromatic nitrogens is 2. The minimum Gasteiger partial charge on any atom is -0.382 e. The quantitative estimate of drug-likeness (QED) is 0.761. The number of anilines is 1. The Hall–Kier alpha value is -1.55. The number of halogens is 2. The third kappa shape index (κ3) is 1.56. The van der Waals surface area contributed by atoms with Crippen LogP contribution < -0.4 is 5.73 Å². The molecule has 0 fully saturated rings. The van der Waals surface area contributed by atoms with E-state index in [4.69, 9.17) is 17.3 Å². The molecular formula is C9H7ClFN3. The summed E-state index contributed by atoms with van der Waals surface area (Å²) in [5, 5.41) is 6.79. The van der Waals surface area contributed by atoms with Gasteiger partial charge >= 0.3 is 0 Å². The summed E-state index contributed by atoms with van der Waals surface area (Å²) in [6.07, 6.45) is 0. The molecule has 0 unspecified atom stereocenters. The molecule has 5 heteroatoms. The summed E-state index contributed by atoms with van der Waals surface area (Å²) in [5.74, 6) is -0.0441. The average molecular weight is 212 g/mol. The van der Waals surface area contributed by atoms with Crippen LogP contribution in [-0.4, -0.2) is 10.2 Å². The lowest BCUT2D eigenvalue weighted by Crippen LogP contribution is -1.84. The van der Waals surface area contributed by atoms with Crippen molar-refractivity contribution in [3.63, 3.8) is 0 Å². The number of hydrogen-bond acceptors (Lipinski definition) is 2. The van der Waals surface area contributed by atoms with Gasteiger partial charge in [-0.15, -0.1) is 0 Å². The Labute approximate surface area is 84.7 Å². The first-order valence-electron chi connectivity index (χ1n) is 3.93. The third-order valence-corrected chi connectivity index (χ3v) is 2.05. The van der Waals surface area contributed by atoms with Crippen molar-refractivity contribution in [2.24, 2.45) is 0 Å². The van der Waals surface area contributed by atoms with Gasteiger partial charge in [0.05, 0.1) is 5.69 Å². The van der Waals surface area contributed by atoms with E-state index in [0.717, 1.165) is 0 Å². The number of aromatic amines is 1. The molecule has 3 nitrogen and oxygen atoms in total. The van der Waals surface area contributed by atoms with E-state index in [1.807, 2.05) is 0 Å². The van der Waals surface area contributed by atoms with Crippen molar-refractivity contribution >= 4 is 17.4 Å². The highest BCUT2D eigenvalue weighted by Crippen LogP contribution is 2.25. The fraction of sp³-hybridized carbons (Fsp3) is 0. The molecule has 0 spiro atoms. The normalized spacial score (nSPS) is 10.4. The number of benzene rings is 1. The smallest absolute Gasteiger partial charge is 0.145 e. The molecule has 1 aromatic heterocycles. The zero-order valence-corrected chi connectivity index (χ0v) is 7.85. The van der Waals surface area contributed by atoms with Crippen LogP contribution in [0.25, 0.3) is 11.3 Å². The molecule has 0 aliphatic heterocycles. The van der Waals surface area contributed by atoms with E-state index >= 15 is 0 Å². The van der Waals surface area contributed by atoms with Crippen molar-refractivity contribution in [3.05, 3.63) is 35.1 Å². The van der Waals surface area contributed by atoms with Gasteiger partial charge in [-0.25, -0.2) is 4.39 Å². The Bertz CT molecular complexity index is 467. The van der Waals surface area contributed by atoms with E-state index in [0.29, 0.717) is 22.1 Å². The first-order chi connectivity index (χ1) is 6.66. The molecule has 0 radical (unpaired) electrons. The van der Waals surface area contributed by atoms with E-state index in [2.05, 4.69) is 10.2 Å². The maximum absolute atomic E-state index is 13.3. The van der Waals surface area contributed by atoms with E-state index in [1.165, 1.54) is 18.2 Å². The van der Waals surface area contributed by atoms with Crippen molar-refractivity contribution in [3.8, 4) is 11.3 Å². The second-order valence-electron chi connectivity index (χ2n) is 2.83. The van der Waals surface area contributed by atoms with Gasteiger partial charge in [-0.2, -0.15) is 5.10 Å². The molecule has 2 aromatic rings. The van der Waals surface area contributed by atoms with E-state index in [1.54, 1.807) is 6.07 Å². The molecule has 1 heterocycles. The Morgan fingerprint density at radius 1 is 1.36 bits per heavy atom. The van der Waals surface area contributed by atoms with Crippen LogP contribution in [0, 0.1) is 5.82 Å². The Morgan fingerprint density at radius 3 is 2.79 bits per heavy atom. The van der Waals surface area contributed by atoms with Gasteiger partial charge < -0.3 is 5.73 Å². The van der Waals surface area contributed by atoms with Gasteiger partial charge in [0, 0.05) is 16.7 Å². The minimum atomic E-state index is -0.363. The number of H-pyrrole nitrogens is 1. The maximum atomic E-state index is 13.3. The largest absolute Gasteiger partial charge is 0.382 e. The van der Waals surface area contributed by atoms with Gasteiger partial charge in [0.2, 0.25) is 0 Å². The molecule has 72 valence electrons. The number of nitrogen functional groups attached to an aromatic ring is 1. The Morgan fingerprint density at radius 2 is 2.14 bits per heavy atom. The SMILES string of the molecule is Nc1cc(-c2cc(Cl)ccc2F)[nH]n1. The summed E-state index contributed by atoms with van der Waals surface area (Å²) in [6, 6.07) is 5.85. The molecule has 0 aliphatic carbocycles. The average Bonchev–Trinajstić information content (AvgIpc) is 2.56. The summed E-state index contributed by atoms with van der Waals surface area (Å²) in [6.45, 7) is 0. The molecule has 14 heavy (non-hydrogen) atoms. The van der Waals surface area contributed by atoms with Crippen molar-refractivity contribution in [1.29, 1.82) is 0 Å². The third-order valence-electron chi connectivity index (χ3n) is 1.82. The highest BCUT2D eigenvalue weighted by Gasteiger charge is 2.07. The second kappa shape index (κ2) is 3.31. The summed E-state index contributed by atoms with van der Waals surface area (Å²) in [7, 11) is 0. The summed E-state index contributed by atoms with van der Waals surface area (Å²) < 4.78 is 13.3. The van der Waals surface area contributed by atoms with Crippen molar-refractivity contribution in [2.45, 2.75) is 0 Å². The lowest BCUT2D eigenvalue weighted by Gasteiger charge is -1.99. The highest BCUT2D eigenvalue weighted by molar-refractivity contribution is 6.30. The highest BCUT2D eigenvalue weighted by atomic mass is 35.5. The van der Waals surface area contributed by atoms with Crippen molar-refractivity contribution < 1.29 is 4.39 Å². The molecule has 2 rings (SSSR count). The van der Waals surface area contributed by atoms with Gasteiger partial charge in [0.1, 0.15) is 11.6 Å². The molecule has 1 aromatic carbocycles. The van der Waals surface area contributed by atoms with Gasteiger partial charge in [0.15, 0.2) is 0 Å². The van der Waals surface area contributed by atoms with Gasteiger partial charge in [-0.1, -0.05) is 11.6 Å². The lowest BCUT2D eigenvalue weighted by atomic mass is 10.1. The fourth-order valence-electron chi connectivity index (χ4n) is 1.18. The first kappa shape index (κ1) is 9.02. The van der Waals surface area contributed by atoms with Gasteiger partial charge in [-0.3, -0.25) is 5.10 Å². The molecule has 0 atom stereocenters. The maximum Gasteiger partial charge on any atom is 0.145 e. The van der Waals surface area contributed by atoms with Crippen LogP contribution in [0.5, 0.6) is 0 Å². The Kier molecular flexibility index (Phi) is 2.13. The van der Waals surface area contributed by atoms with Crippen molar-refractivity contribution in [2.75, 3.05) is 5.73 Å². The predicted octanol–water partition coefficient (Wildman–Crippen LogP) is 2.45. The molecule has 0 saturated heterocycles. The summed E-state index contributed by atoms with van der Waals surface area (Å²) in [5.41, 5.74) is 6.29. The molecular weight excluding hydrogens is 205 g/mol. The van der Waals surface area contributed by atoms with Crippen LogP contribution in [0.2, 0.25) is 5.02 Å². The van der Waals surface area contributed by atoms with E-state index in [-0.39, 0.29) is 5.82 Å². The zero-order chi connectivity index (χ0) is 10.1. The monoisotopic (exact) mass is 211 g/mol. The van der Waals surface area contributed by atoms with Gasteiger partial charge in [-0.05, 0) is 18.2 Å². The lowest BCUT2D eigenvalue weighted by molar-refractivity contribution is 0.630. The van der Waals surface area contributed by atoms with Crippen LogP contribution in [0.15, 0.2) is 24.3 Å². The van der Waals surface area contributed by atoms with E-state index < -0.39 is 0 Å². The van der Waals surface area contributed by atoms with Crippen LogP contribution in [0.3, 0.4) is 0 Å². The molecule has 0 bridgehead atoms. The molecule has 3 N–H and O–H groups in total. The van der Waals surface area contributed by atoms with E-state index in [9.17, 15) is 4.39 Å². The van der Waals surface area contributed by atoms with Gasteiger partial charge in [0.25, 0.3) is 0 Å². The van der Waals surface area contributed by atoms with Crippen molar-refractivity contribution in [1.82, 2.24) is 10.2 Å². The van der Waals surface area contributed by atoms with Crippen LogP contribution in [-0.2, 0) is 0 Å². The molecule has 0 aliphatic rings. The first-order valence-corrected chi connectivity index (χ1v) is 4.31. The predicted molar refractivity (Wildman–Crippen MR) is 53.4 cm³/mol. The summed E-state index contributed by atoms with van der Waals surface area (Å²) >= 11 is 5.74. The number of nitrogens with two attached hydrogens (primary N) is 1. The molecule has 0 amide bonds. The standard InChI is InChI=1S/C9H7ClFN3/c10-5-1-2-7(11)6(3-5)8-4-9(12)14-13-8/h1-4H,(H3,12,13,14). The summed E-state index contributed by atoms with van der Waals surface area (Å²) in [4.78, 5) is 0. The topological polar surface area (TPSA) is 54.7 Å². The number of nitrogens with one attached hydrogen (secondary N) is 1. The second-order valence-corrected chi connectivity index (χ2v) is 3.27. The number of hydrogen-bond donors (Lipinski definition) is 2. The van der Waals surface area contributed by atoms with Crippen LogP contribution in [0.4, 0.5) is 10.2 Å². The van der Waals surface area contributed by atoms with Crippen LogP contribution >= 0.6 is 11.6 Å². The minimum absolute atomic E-state index is 0.319. The van der Waals surface area contributed by atoms with Crippen LogP contribution in [0.1, 0.15) is 0 Å². The molecule has 0 saturated carbocycles. The Balaban J connectivity index is 2.55. The fourth-order valence-corrected chi connectivity index (χ4v) is 1.35. The number of rotatable bonds is 1. The zero-order valence-electron chi connectivity index (χ0n) is 7.09.